The number of likely N-dealkylation sites (tertiary alicyclic amines) is 1. The maximum Gasteiger partial charge on any atom is 0.410 e. The van der Waals surface area contributed by atoms with Gasteiger partial charge < -0.3 is 19.3 Å². The van der Waals surface area contributed by atoms with Crippen LogP contribution in [0.4, 0.5) is 10.7 Å². The van der Waals surface area contributed by atoms with Crippen LogP contribution in [0.3, 0.4) is 0 Å². The van der Waals surface area contributed by atoms with Gasteiger partial charge in [-0.05, 0) is 51.7 Å². The zero-order chi connectivity index (χ0) is 26.7. The normalized spacial score (nSPS) is 21.6. The summed E-state index contributed by atoms with van der Waals surface area (Å²) in [6, 6.07) is 6.14. The third-order valence-electron chi connectivity index (χ3n) is 7.58. The third-order valence-corrected chi connectivity index (χ3v) is 7.58. The lowest BCUT2D eigenvalue weighted by Crippen LogP contribution is -2.36. The van der Waals surface area contributed by atoms with Crippen LogP contribution in [0.25, 0.3) is 33.3 Å². The molecule has 6 heterocycles. The number of H-pyrrole nitrogens is 1. The Bertz CT molecular complexity index is 1590. The third kappa shape index (κ3) is 4.40. The molecule has 0 spiro atoms. The van der Waals surface area contributed by atoms with Crippen molar-refractivity contribution in [2.45, 2.75) is 51.9 Å². The second kappa shape index (κ2) is 9.04. The number of rotatable bonds is 3. The molecule has 1 amide bonds. The summed E-state index contributed by atoms with van der Waals surface area (Å²) in [5, 5.41) is 8.26. The average molecular weight is 529 g/mol. The topological polar surface area (TPSA) is 114 Å². The average Bonchev–Trinajstić information content (AvgIpc) is 3.69. The lowest BCUT2D eigenvalue weighted by Gasteiger charge is -2.25. The van der Waals surface area contributed by atoms with Crippen molar-refractivity contribution < 1.29 is 14.3 Å². The summed E-state index contributed by atoms with van der Waals surface area (Å²) in [6.07, 6.45) is 8.48. The van der Waals surface area contributed by atoms with Gasteiger partial charge in [-0.15, -0.1) is 0 Å². The van der Waals surface area contributed by atoms with Crippen LogP contribution in [-0.4, -0.2) is 72.6 Å². The molecule has 2 fully saturated rings. The summed E-state index contributed by atoms with van der Waals surface area (Å²) in [7, 11) is 0. The Balaban J connectivity index is 1.26. The van der Waals surface area contributed by atoms with E-state index < -0.39 is 5.60 Å². The lowest BCUT2D eigenvalue weighted by atomic mass is 10.1. The molecule has 3 aromatic heterocycles. The SMILES string of the molecule is CC(C)(C)OC(=O)N1CC2=CN(c3nc(-c4ccc5cn[nH]c5c4)c4ncn(C5CCCCO5)c4n3)CC2C1. The first-order chi connectivity index (χ1) is 18.8. The van der Waals surface area contributed by atoms with Crippen molar-refractivity contribution in [1.82, 2.24) is 34.6 Å². The number of aromatic amines is 1. The largest absolute Gasteiger partial charge is 0.444 e. The molecule has 2 unspecified atom stereocenters. The van der Waals surface area contributed by atoms with E-state index in [2.05, 4.69) is 33.4 Å². The molecule has 3 aliphatic heterocycles. The molecule has 11 nitrogen and oxygen atoms in total. The summed E-state index contributed by atoms with van der Waals surface area (Å²) in [6.45, 7) is 8.28. The highest BCUT2D eigenvalue weighted by Crippen LogP contribution is 2.36. The minimum absolute atomic E-state index is 0.0897. The van der Waals surface area contributed by atoms with Gasteiger partial charge in [0.25, 0.3) is 0 Å². The van der Waals surface area contributed by atoms with E-state index in [1.54, 1.807) is 4.90 Å². The number of carbonyl (C=O) groups excluding carboxylic acids is 1. The van der Waals surface area contributed by atoms with Gasteiger partial charge >= 0.3 is 6.09 Å². The smallest absolute Gasteiger partial charge is 0.410 e. The zero-order valence-electron chi connectivity index (χ0n) is 22.4. The number of amides is 1. The Kier molecular flexibility index (Phi) is 5.58. The molecule has 11 heteroatoms. The highest BCUT2D eigenvalue weighted by Gasteiger charge is 2.38. The van der Waals surface area contributed by atoms with Gasteiger partial charge in [0.05, 0.1) is 18.0 Å². The number of nitrogens with zero attached hydrogens (tertiary/aromatic N) is 7. The number of carbonyl (C=O) groups is 1. The Morgan fingerprint density at radius 3 is 2.87 bits per heavy atom. The highest BCUT2D eigenvalue weighted by molar-refractivity contribution is 5.92. The van der Waals surface area contributed by atoms with Crippen LogP contribution in [0.1, 0.15) is 46.3 Å². The molecule has 0 radical (unpaired) electrons. The molecule has 7 rings (SSSR count). The maximum absolute atomic E-state index is 12.6. The quantitative estimate of drug-likeness (QED) is 0.409. The number of aromatic nitrogens is 6. The number of ether oxygens (including phenoxy) is 2. The van der Waals surface area contributed by atoms with Crippen LogP contribution in [0, 0.1) is 5.92 Å². The Morgan fingerprint density at radius 1 is 1.18 bits per heavy atom. The van der Waals surface area contributed by atoms with Crippen LogP contribution in [-0.2, 0) is 9.47 Å². The molecule has 1 aromatic carbocycles. The highest BCUT2D eigenvalue weighted by atomic mass is 16.6. The van der Waals surface area contributed by atoms with Crippen LogP contribution in [0.2, 0.25) is 0 Å². The first-order valence-corrected chi connectivity index (χ1v) is 13.6. The maximum atomic E-state index is 12.6. The number of benzene rings is 1. The van der Waals surface area contributed by atoms with Gasteiger partial charge in [-0.1, -0.05) is 12.1 Å². The van der Waals surface area contributed by atoms with E-state index >= 15 is 0 Å². The molecule has 2 saturated heterocycles. The Morgan fingerprint density at radius 2 is 2.08 bits per heavy atom. The molecule has 4 aromatic rings. The minimum atomic E-state index is -0.515. The summed E-state index contributed by atoms with van der Waals surface area (Å²) >= 11 is 0. The fourth-order valence-corrected chi connectivity index (χ4v) is 5.69. The second-order valence-electron chi connectivity index (χ2n) is 11.6. The van der Waals surface area contributed by atoms with Crippen molar-refractivity contribution in [2.24, 2.45) is 5.92 Å². The molecule has 0 saturated carbocycles. The summed E-state index contributed by atoms with van der Waals surface area (Å²) in [4.78, 5) is 31.3. The molecular formula is C28H32N8O3. The van der Waals surface area contributed by atoms with Gasteiger partial charge in [0.2, 0.25) is 5.95 Å². The number of hydrogen-bond acceptors (Lipinski definition) is 8. The molecule has 3 aliphatic rings. The van der Waals surface area contributed by atoms with E-state index in [1.165, 1.54) is 5.57 Å². The monoisotopic (exact) mass is 528 g/mol. The lowest BCUT2D eigenvalue weighted by molar-refractivity contribution is -0.0298. The Labute approximate surface area is 225 Å². The molecular weight excluding hydrogens is 496 g/mol. The number of imidazole rings is 1. The van der Waals surface area contributed by atoms with Gasteiger partial charge in [-0.25, -0.2) is 14.8 Å². The van der Waals surface area contributed by atoms with Gasteiger partial charge in [-0.2, -0.15) is 10.1 Å². The van der Waals surface area contributed by atoms with Crippen LogP contribution >= 0.6 is 0 Å². The van der Waals surface area contributed by atoms with Crippen molar-refractivity contribution in [1.29, 1.82) is 0 Å². The molecule has 0 bridgehead atoms. The van der Waals surface area contributed by atoms with E-state index in [9.17, 15) is 4.79 Å². The molecule has 202 valence electrons. The van der Waals surface area contributed by atoms with E-state index in [-0.39, 0.29) is 18.2 Å². The van der Waals surface area contributed by atoms with Crippen molar-refractivity contribution >= 4 is 34.1 Å². The van der Waals surface area contributed by atoms with Crippen molar-refractivity contribution in [3.05, 3.63) is 42.5 Å². The molecule has 2 atom stereocenters. The van der Waals surface area contributed by atoms with Gasteiger partial charge in [0.1, 0.15) is 23.0 Å². The van der Waals surface area contributed by atoms with Crippen LogP contribution in [0.5, 0.6) is 0 Å². The molecule has 39 heavy (non-hydrogen) atoms. The number of nitrogens with one attached hydrogen (secondary N) is 1. The van der Waals surface area contributed by atoms with Crippen LogP contribution in [0.15, 0.2) is 42.5 Å². The van der Waals surface area contributed by atoms with Crippen LogP contribution < -0.4 is 4.90 Å². The standard InChI is InChI=1S/C28H32N8O3/c1-28(2,3)39-27(37)35-14-19-12-34(13-20(19)15-35)26-31-23(17-7-8-18-11-30-33-21(18)10-17)24-25(32-26)36(16-29-24)22-6-4-5-9-38-22/h7-8,10-12,16,20,22H,4-6,9,13-15H2,1-3H3,(H,30,33). The van der Waals surface area contributed by atoms with Crippen molar-refractivity contribution in [3.63, 3.8) is 0 Å². The fourth-order valence-electron chi connectivity index (χ4n) is 5.69. The predicted octanol–water partition coefficient (Wildman–Crippen LogP) is 4.64. The van der Waals surface area contributed by atoms with Gasteiger partial charge in [0, 0.05) is 49.3 Å². The molecule has 0 aliphatic carbocycles. The number of hydrogen-bond donors (Lipinski definition) is 1. The molecule has 1 N–H and O–H groups in total. The van der Waals surface area contributed by atoms with Gasteiger partial charge in [0.15, 0.2) is 5.65 Å². The van der Waals surface area contributed by atoms with E-state index in [0.29, 0.717) is 25.6 Å². The minimum Gasteiger partial charge on any atom is -0.444 e. The summed E-state index contributed by atoms with van der Waals surface area (Å²) in [5.74, 6) is 0.832. The zero-order valence-corrected chi connectivity index (χ0v) is 22.4. The van der Waals surface area contributed by atoms with Gasteiger partial charge in [-0.3, -0.25) is 9.67 Å². The first kappa shape index (κ1) is 24.1. The van der Waals surface area contributed by atoms with Crippen molar-refractivity contribution in [2.75, 3.05) is 31.1 Å². The second-order valence-corrected chi connectivity index (χ2v) is 11.6. The fraction of sp³-hybridized carbons (Fsp3) is 0.464. The first-order valence-electron chi connectivity index (χ1n) is 13.6. The van der Waals surface area contributed by atoms with Crippen molar-refractivity contribution in [3.8, 4) is 11.3 Å². The summed E-state index contributed by atoms with van der Waals surface area (Å²) in [5.41, 5.74) is 4.83. The number of anilines is 1. The van der Waals surface area contributed by atoms with E-state index in [1.807, 2.05) is 43.9 Å². The number of fused-ring (bicyclic) bond motifs is 3. The predicted molar refractivity (Wildman–Crippen MR) is 146 cm³/mol. The van der Waals surface area contributed by atoms with E-state index in [4.69, 9.17) is 24.4 Å². The Hall–Kier alpha value is -3.99. The van der Waals surface area contributed by atoms with E-state index in [0.717, 1.165) is 59.2 Å². The summed E-state index contributed by atoms with van der Waals surface area (Å²) < 4.78 is 13.7.